The lowest BCUT2D eigenvalue weighted by Crippen LogP contribution is -2.48. The van der Waals surface area contributed by atoms with Gasteiger partial charge in [-0.25, -0.2) is 0 Å². The number of amides is 1. The first kappa shape index (κ1) is 18.3. The Morgan fingerprint density at radius 3 is 2.56 bits per heavy atom. The third-order valence-electron chi connectivity index (χ3n) is 4.34. The van der Waals surface area contributed by atoms with Crippen molar-refractivity contribution in [2.45, 2.75) is 13.5 Å². The van der Waals surface area contributed by atoms with Crippen LogP contribution in [0.15, 0.2) is 34.9 Å². The number of hydrogen-bond donors (Lipinski definition) is 1. The number of nitrogens with zero attached hydrogens (tertiary/aromatic N) is 2. The van der Waals surface area contributed by atoms with E-state index < -0.39 is 0 Å². The first-order valence-electron chi connectivity index (χ1n) is 8.24. The van der Waals surface area contributed by atoms with E-state index >= 15 is 0 Å². The summed E-state index contributed by atoms with van der Waals surface area (Å²) < 4.78 is 5.38. The summed E-state index contributed by atoms with van der Waals surface area (Å²) in [6.45, 7) is 6.50. The number of hydrogen-bond acceptors (Lipinski definition) is 4. The summed E-state index contributed by atoms with van der Waals surface area (Å²) >= 11 is 12.4. The minimum atomic E-state index is -0.103. The molecule has 1 aromatic carbocycles. The third kappa shape index (κ3) is 4.76. The van der Waals surface area contributed by atoms with Gasteiger partial charge in [-0.15, -0.1) is 0 Å². The molecule has 0 aliphatic carbocycles. The van der Waals surface area contributed by atoms with Crippen molar-refractivity contribution in [3.63, 3.8) is 0 Å². The fourth-order valence-corrected chi connectivity index (χ4v) is 3.35. The number of halogens is 2. The summed E-state index contributed by atoms with van der Waals surface area (Å²) in [5.41, 5.74) is 1.37. The Hall–Kier alpha value is -1.53. The minimum absolute atomic E-state index is 0.103. The van der Waals surface area contributed by atoms with Crippen LogP contribution < -0.4 is 5.32 Å². The van der Waals surface area contributed by atoms with Crippen LogP contribution >= 0.6 is 23.2 Å². The van der Waals surface area contributed by atoms with Gasteiger partial charge >= 0.3 is 0 Å². The molecule has 7 heteroatoms. The standard InChI is InChI=1S/C18H21Cl2N3O2/c1-13-4-5-15(19)18(17(13)20)21-16(24)12-23-8-6-22(7-9-23)11-14-3-2-10-25-14/h2-5,10H,6-9,11-12H2,1H3,(H,21,24). The average molecular weight is 382 g/mol. The molecule has 1 fully saturated rings. The van der Waals surface area contributed by atoms with Crippen LogP contribution in [0.5, 0.6) is 0 Å². The number of nitrogens with one attached hydrogen (secondary N) is 1. The fraction of sp³-hybridized carbons (Fsp3) is 0.389. The first-order valence-corrected chi connectivity index (χ1v) is 9.00. The van der Waals surface area contributed by atoms with Crippen LogP contribution in [0.25, 0.3) is 0 Å². The molecule has 0 unspecified atom stereocenters. The lowest BCUT2D eigenvalue weighted by Gasteiger charge is -2.33. The predicted molar refractivity (Wildman–Crippen MR) is 100 cm³/mol. The molecule has 134 valence electrons. The van der Waals surface area contributed by atoms with Crippen molar-refractivity contribution in [2.75, 3.05) is 38.0 Å². The van der Waals surface area contributed by atoms with Crippen molar-refractivity contribution in [1.29, 1.82) is 0 Å². The largest absolute Gasteiger partial charge is 0.468 e. The van der Waals surface area contributed by atoms with E-state index in [0.29, 0.717) is 22.3 Å². The Kier molecular flexibility index (Phi) is 6.02. The number of rotatable bonds is 5. The highest BCUT2D eigenvalue weighted by atomic mass is 35.5. The molecule has 0 saturated carbocycles. The number of piperazine rings is 1. The summed E-state index contributed by atoms with van der Waals surface area (Å²) in [7, 11) is 0. The smallest absolute Gasteiger partial charge is 0.238 e. The molecule has 0 bridgehead atoms. The topological polar surface area (TPSA) is 48.7 Å². The number of carbonyl (C=O) groups is 1. The molecule has 5 nitrogen and oxygen atoms in total. The van der Waals surface area contributed by atoms with Gasteiger partial charge in [0.2, 0.25) is 5.91 Å². The Morgan fingerprint density at radius 1 is 1.16 bits per heavy atom. The minimum Gasteiger partial charge on any atom is -0.468 e. The molecule has 3 rings (SSSR count). The van der Waals surface area contributed by atoms with Gasteiger partial charge in [-0.3, -0.25) is 14.6 Å². The second-order valence-electron chi connectivity index (χ2n) is 6.23. The Morgan fingerprint density at radius 2 is 1.88 bits per heavy atom. The van der Waals surface area contributed by atoms with Crippen molar-refractivity contribution < 1.29 is 9.21 Å². The highest BCUT2D eigenvalue weighted by molar-refractivity contribution is 6.40. The Bertz CT molecular complexity index is 726. The number of benzene rings is 1. The normalized spacial score (nSPS) is 16.1. The highest BCUT2D eigenvalue weighted by Crippen LogP contribution is 2.32. The quantitative estimate of drug-likeness (QED) is 0.858. The molecule has 1 N–H and O–H groups in total. The van der Waals surface area contributed by atoms with E-state index in [1.807, 2.05) is 25.1 Å². The lowest BCUT2D eigenvalue weighted by atomic mass is 10.2. The first-order chi connectivity index (χ1) is 12.0. The van der Waals surface area contributed by atoms with E-state index in [1.165, 1.54) is 0 Å². The summed E-state index contributed by atoms with van der Waals surface area (Å²) in [5.74, 6) is 0.865. The molecule has 25 heavy (non-hydrogen) atoms. The van der Waals surface area contributed by atoms with Crippen LogP contribution in [0.2, 0.25) is 10.0 Å². The van der Waals surface area contributed by atoms with Crippen LogP contribution in [0.4, 0.5) is 5.69 Å². The van der Waals surface area contributed by atoms with Gasteiger partial charge in [-0.2, -0.15) is 0 Å². The van der Waals surface area contributed by atoms with Crippen LogP contribution in [0.1, 0.15) is 11.3 Å². The molecule has 2 heterocycles. The lowest BCUT2D eigenvalue weighted by molar-refractivity contribution is -0.117. The Balaban J connectivity index is 1.49. The summed E-state index contributed by atoms with van der Waals surface area (Å²) in [4.78, 5) is 16.8. The summed E-state index contributed by atoms with van der Waals surface area (Å²) in [6.07, 6.45) is 1.69. The second kappa shape index (κ2) is 8.23. The van der Waals surface area contributed by atoms with E-state index in [1.54, 1.807) is 12.3 Å². The SMILES string of the molecule is Cc1ccc(Cl)c(NC(=O)CN2CCN(Cc3ccco3)CC2)c1Cl. The van der Waals surface area contributed by atoms with Crippen molar-refractivity contribution in [1.82, 2.24) is 9.80 Å². The van der Waals surface area contributed by atoms with E-state index in [2.05, 4.69) is 15.1 Å². The van der Waals surface area contributed by atoms with Gasteiger partial charge in [-0.1, -0.05) is 29.3 Å². The van der Waals surface area contributed by atoms with Crippen LogP contribution in [-0.4, -0.2) is 48.4 Å². The third-order valence-corrected chi connectivity index (χ3v) is 5.14. The maximum absolute atomic E-state index is 12.3. The van der Waals surface area contributed by atoms with E-state index in [-0.39, 0.29) is 5.91 Å². The van der Waals surface area contributed by atoms with Gasteiger partial charge in [0.25, 0.3) is 0 Å². The van der Waals surface area contributed by atoms with E-state index in [0.717, 1.165) is 44.0 Å². The summed E-state index contributed by atoms with van der Waals surface area (Å²) in [6, 6.07) is 7.46. The van der Waals surface area contributed by atoms with Crippen LogP contribution in [0.3, 0.4) is 0 Å². The number of anilines is 1. The maximum Gasteiger partial charge on any atom is 0.238 e. The van der Waals surface area contributed by atoms with Crippen LogP contribution in [-0.2, 0) is 11.3 Å². The molecule has 0 spiro atoms. The van der Waals surface area contributed by atoms with Crippen molar-refractivity contribution in [2.24, 2.45) is 0 Å². The number of furan rings is 1. The molecule has 1 saturated heterocycles. The van der Waals surface area contributed by atoms with Gasteiger partial charge < -0.3 is 9.73 Å². The maximum atomic E-state index is 12.3. The highest BCUT2D eigenvalue weighted by Gasteiger charge is 2.20. The van der Waals surface area contributed by atoms with Gasteiger partial charge in [0.15, 0.2) is 0 Å². The average Bonchev–Trinajstić information content (AvgIpc) is 3.10. The molecule has 1 aliphatic heterocycles. The van der Waals surface area contributed by atoms with Gasteiger partial charge in [0.05, 0.1) is 35.1 Å². The number of carbonyl (C=O) groups excluding carboxylic acids is 1. The van der Waals surface area contributed by atoms with Gasteiger partial charge in [-0.05, 0) is 30.7 Å². The molecule has 0 radical (unpaired) electrons. The van der Waals surface area contributed by atoms with E-state index in [9.17, 15) is 4.79 Å². The molecule has 1 amide bonds. The Labute approximate surface area is 157 Å². The second-order valence-corrected chi connectivity index (χ2v) is 7.02. The van der Waals surface area contributed by atoms with Crippen LogP contribution in [0, 0.1) is 6.92 Å². The molecular weight excluding hydrogens is 361 g/mol. The monoisotopic (exact) mass is 381 g/mol. The molecular formula is C18H21Cl2N3O2. The summed E-state index contributed by atoms with van der Waals surface area (Å²) in [5, 5.41) is 3.78. The van der Waals surface area contributed by atoms with Crippen molar-refractivity contribution in [3.05, 3.63) is 51.9 Å². The van der Waals surface area contributed by atoms with E-state index in [4.69, 9.17) is 27.6 Å². The molecule has 2 aromatic rings. The van der Waals surface area contributed by atoms with Gasteiger partial charge in [0.1, 0.15) is 5.76 Å². The molecule has 1 aliphatic rings. The zero-order valence-corrected chi connectivity index (χ0v) is 15.6. The van der Waals surface area contributed by atoms with Crippen molar-refractivity contribution >= 4 is 34.8 Å². The van der Waals surface area contributed by atoms with Gasteiger partial charge in [0, 0.05) is 26.2 Å². The number of aryl methyl sites for hydroxylation is 1. The zero-order chi connectivity index (χ0) is 17.8. The molecule has 1 aromatic heterocycles. The predicted octanol–water partition coefficient (Wildman–Crippen LogP) is 3.65. The van der Waals surface area contributed by atoms with Crippen molar-refractivity contribution in [3.8, 4) is 0 Å². The fourth-order valence-electron chi connectivity index (χ4n) is 2.88. The molecule has 0 atom stereocenters. The zero-order valence-electron chi connectivity index (χ0n) is 14.1.